The van der Waals surface area contributed by atoms with Gasteiger partial charge in [-0.1, -0.05) is 12.1 Å². The van der Waals surface area contributed by atoms with E-state index in [1.807, 2.05) is 19.0 Å². The average Bonchev–Trinajstić information content (AvgIpc) is 2.12. The summed E-state index contributed by atoms with van der Waals surface area (Å²) in [6, 6.07) is 6.01. The Labute approximate surface area is 107 Å². The molecule has 1 fully saturated rings. The van der Waals surface area contributed by atoms with E-state index in [0.717, 1.165) is 0 Å². The number of hydrogen-bond donors (Lipinski definition) is 0. The van der Waals surface area contributed by atoms with E-state index < -0.39 is 15.8 Å². The Balaban J connectivity index is 2.01. The van der Waals surface area contributed by atoms with Gasteiger partial charge in [0.2, 0.25) is 10.0 Å². The third-order valence-corrected chi connectivity index (χ3v) is 4.97. The fourth-order valence-corrected chi connectivity index (χ4v) is 3.48. The van der Waals surface area contributed by atoms with Crippen molar-refractivity contribution in [1.82, 2.24) is 9.21 Å². The Bertz CT molecular complexity index is 525. The van der Waals surface area contributed by atoms with Crippen molar-refractivity contribution in [2.45, 2.75) is 11.8 Å². The largest absolute Gasteiger partial charge is 0.304 e. The fourth-order valence-electron chi connectivity index (χ4n) is 1.90. The van der Waals surface area contributed by atoms with E-state index in [2.05, 4.69) is 0 Å². The van der Waals surface area contributed by atoms with Crippen molar-refractivity contribution in [1.29, 1.82) is 0 Å². The van der Waals surface area contributed by atoms with Gasteiger partial charge in [0.25, 0.3) is 0 Å². The molecule has 2 rings (SSSR count). The number of rotatable bonds is 4. The minimum atomic E-state index is -3.32. The minimum Gasteiger partial charge on any atom is -0.304 e. The molecule has 0 bridgehead atoms. The lowest BCUT2D eigenvalue weighted by molar-refractivity contribution is 0.134. The molecule has 0 aromatic heterocycles. The standard InChI is InChI=1S/C12H17FN2O2S/c1-14(2)12-7-15(8-12)18(16,17)9-10-4-3-5-11(13)6-10/h3-6,12H,7-9H2,1-2H3. The van der Waals surface area contributed by atoms with Crippen molar-refractivity contribution in [3.8, 4) is 0 Å². The summed E-state index contributed by atoms with van der Waals surface area (Å²) in [5.74, 6) is -0.539. The Morgan fingerprint density at radius 2 is 2.06 bits per heavy atom. The lowest BCUT2D eigenvalue weighted by atomic mass is 10.2. The average molecular weight is 272 g/mol. The van der Waals surface area contributed by atoms with Crippen molar-refractivity contribution in [3.05, 3.63) is 35.6 Å². The van der Waals surface area contributed by atoms with Gasteiger partial charge in [0, 0.05) is 19.1 Å². The van der Waals surface area contributed by atoms with Crippen molar-refractivity contribution in [2.75, 3.05) is 27.2 Å². The van der Waals surface area contributed by atoms with E-state index in [1.165, 1.54) is 22.5 Å². The number of sulfonamides is 1. The number of halogens is 1. The molecule has 4 nitrogen and oxygen atoms in total. The van der Waals surface area contributed by atoms with Gasteiger partial charge in [-0.2, -0.15) is 4.31 Å². The summed E-state index contributed by atoms with van der Waals surface area (Å²) in [6.45, 7) is 1.04. The maximum Gasteiger partial charge on any atom is 0.218 e. The van der Waals surface area contributed by atoms with Crippen LogP contribution in [-0.2, 0) is 15.8 Å². The lowest BCUT2D eigenvalue weighted by Gasteiger charge is -2.41. The molecule has 100 valence electrons. The summed E-state index contributed by atoms with van der Waals surface area (Å²) in [6.07, 6.45) is 0. The van der Waals surface area contributed by atoms with Crippen LogP contribution < -0.4 is 0 Å². The van der Waals surface area contributed by atoms with E-state index in [4.69, 9.17) is 0 Å². The normalized spacial score (nSPS) is 18.0. The van der Waals surface area contributed by atoms with Gasteiger partial charge in [-0.3, -0.25) is 0 Å². The first-order valence-electron chi connectivity index (χ1n) is 5.77. The third-order valence-electron chi connectivity index (χ3n) is 3.19. The number of benzene rings is 1. The van der Waals surface area contributed by atoms with Crippen LogP contribution in [-0.4, -0.2) is 50.8 Å². The number of hydrogen-bond acceptors (Lipinski definition) is 3. The summed E-state index contributed by atoms with van der Waals surface area (Å²) in [5.41, 5.74) is 0.489. The summed E-state index contributed by atoms with van der Waals surface area (Å²) < 4.78 is 38.5. The highest BCUT2D eigenvalue weighted by atomic mass is 32.2. The highest BCUT2D eigenvalue weighted by molar-refractivity contribution is 7.88. The molecule has 0 N–H and O–H groups in total. The Morgan fingerprint density at radius 1 is 1.39 bits per heavy atom. The van der Waals surface area contributed by atoms with Crippen LogP contribution >= 0.6 is 0 Å². The Hall–Kier alpha value is -0.980. The first kappa shape index (κ1) is 13.5. The van der Waals surface area contributed by atoms with Crippen molar-refractivity contribution in [2.24, 2.45) is 0 Å². The zero-order valence-electron chi connectivity index (χ0n) is 10.5. The predicted octanol–water partition coefficient (Wildman–Crippen LogP) is 0.901. The zero-order valence-corrected chi connectivity index (χ0v) is 11.3. The second kappa shape index (κ2) is 4.95. The number of nitrogens with zero attached hydrogens (tertiary/aromatic N) is 2. The van der Waals surface area contributed by atoms with E-state index in [1.54, 1.807) is 6.07 Å². The summed E-state index contributed by atoms with van der Waals surface area (Å²) in [5, 5.41) is 0. The molecular formula is C12H17FN2O2S. The molecule has 0 spiro atoms. The molecule has 1 aromatic rings. The summed E-state index contributed by atoms with van der Waals surface area (Å²) >= 11 is 0. The molecule has 6 heteroatoms. The highest BCUT2D eigenvalue weighted by Crippen LogP contribution is 2.20. The summed E-state index contributed by atoms with van der Waals surface area (Å²) in [7, 11) is 0.544. The van der Waals surface area contributed by atoms with Crippen molar-refractivity contribution < 1.29 is 12.8 Å². The fraction of sp³-hybridized carbons (Fsp3) is 0.500. The lowest BCUT2D eigenvalue weighted by Crippen LogP contribution is -2.59. The molecule has 18 heavy (non-hydrogen) atoms. The van der Waals surface area contributed by atoms with Gasteiger partial charge < -0.3 is 4.90 Å². The Morgan fingerprint density at radius 3 is 2.61 bits per heavy atom. The SMILES string of the molecule is CN(C)C1CN(S(=O)(=O)Cc2cccc(F)c2)C1. The first-order valence-corrected chi connectivity index (χ1v) is 7.38. The predicted molar refractivity (Wildman–Crippen MR) is 68.1 cm³/mol. The molecule has 1 aromatic carbocycles. The van der Waals surface area contributed by atoms with Crippen molar-refractivity contribution >= 4 is 10.0 Å². The van der Waals surface area contributed by atoms with Crippen LogP contribution in [0.3, 0.4) is 0 Å². The van der Waals surface area contributed by atoms with Crippen LogP contribution in [0.25, 0.3) is 0 Å². The topological polar surface area (TPSA) is 40.6 Å². The van der Waals surface area contributed by atoms with Crippen LogP contribution in [0.5, 0.6) is 0 Å². The van der Waals surface area contributed by atoms with Crippen LogP contribution in [0.2, 0.25) is 0 Å². The summed E-state index contributed by atoms with van der Waals surface area (Å²) in [4.78, 5) is 2.01. The maximum absolute atomic E-state index is 13.0. The molecular weight excluding hydrogens is 255 g/mol. The quantitative estimate of drug-likeness (QED) is 0.818. The Kier molecular flexibility index (Phi) is 3.70. The van der Waals surface area contributed by atoms with E-state index in [9.17, 15) is 12.8 Å². The van der Waals surface area contributed by atoms with Gasteiger partial charge in [-0.25, -0.2) is 12.8 Å². The molecule has 1 aliphatic heterocycles. The molecule has 0 unspecified atom stereocenters. The molecule has 0 atom stereocenters. The highest BCUT2D eigenvalue weighted by Gasteiger charge is 2.36. The molecule has 0 amide bonds. The molecule has 0 radical (unpaired) electrons. The van der Waals surface area contributed by atoms with E-state index in [0.29, 0.717) is 18.7 Å². The maximum atomic E-state index is 13.0. The third kappa shape index (κ3) is 2.88. The van der Waals surface area contributed by atoms with Gasteiger partial charge in [0.05, 0.1) is 5.75 Å². The van der Waals surface area contributed by atoms with Crippen LogP contribution in [0.4, 0.5) is 4.39 Å². The number of likely N-dealkylation sites (N-methyl/N-ethyl adjacent to an activating group) is 1. The van der Waals surface area contributed by atoms with Gasteiger partial charge in [0.15, 0.2) is 0 Å². The second-order valence-electron chi connectivity index (χ2n) is 4.82. The van der Waals surface area contributed by atoms with Crippen LogP contribution in [0, 0.1) is 5.82 Å². The second-order valence-corrected chi connectivity index (χ2v) is 6.79. The monoisotopic (exact) mass is 272 g/mol. The van der Waals surface area contributed by atoms with Gasteiger partial charge in [0.1, 0.15) is 5.82 Å². The van der Waals surface area contributed by atoms with Gasteiger partial charge >= 0.3 is 0 Å². The van der Waals surface area contributed by atoms with Gasteiger partial charge in [-0.15, -0.1) is 0 Å². The molecule has 0 saturated carbocycles. The first-order chi connectivity index (χ1) is 8.38. The van der Waals surface area contributed by atoms with E-state index >= 15 is 0 Å². The molecule has 1 aliphatic rings. The van der Waals surface area contributed by atoms with Crippen molar-refractivity contribution in [3.63, 3.8) is 0 Å². The molecule has 0 aliphatic carbocycles. The molecule has 1 saturated heterocycles. The van der Waals surface area contributed by atoms with Gasteiger partial charge in [-0.05, 0) is 31.8 Å². The van der Waals surface area contributed by atoms with Crippen LogP contribution in [0.15, 0.2) is 24.3 Å². The molecule has 1 heterocycles. The zero-order chi connectivity index (χ0) is 13.3. The smallest absolute Gasteiger partial charge is 0.218 e. The minimum absolute atomic E-state index is 0.134. The van der Waals surface area contributed by atoms with Crippen LogP contribution in [0.1, 0.15) is 5.56 Å². The van der Waals surface area contributed by atoms with E-state index in [-0.39, 0.29) is 11.8 Å².